The van der Waals surface area contributed by atoms with Crippen molar-refractivity contribution in [3.8, 4) is 0 Å². The van der Waals surface area contributed by atoms with Gasteiger partial charge in [0.2, 0.25) is 0 Å². The average molecular weight is 631 g/mol. The molecule has 0 saturated heterocycles. The summed E-state index contributed by atoms with van der Waals surface area (Å²) in [6.45, 7) is 12.3. The number of nitrogens with one attached hydrogen (secondary N) is 2. The first kappa shape index (κ1) is 33.8. The summed E-state index contributed by atoms with van der Waals surface area (Å²) in [5, 5.41) is 8.09. The van der Waals surface area contributed by atoms with Gasteiger partial charge in [-0.05, 0) is 74.4 Å². The van der Waals surface area contributed by atoms with Gasteiger partial charge in [-0.25, -0.2) is 13.1 Å². The quantitative estimate of drug-likeness (QED) is 0.108. The van der Waals surface area contributed by atoms with Gasteiger partial charge in [-0.2, -0.15) is 0 Å². The van der Waals surface area contributed by atoms with E-state index in [9.17, 15) is 13.2 Å². The number of anilines is 2. The van der Waals surface area contributed by atoms with Crippen molar-refractivity contribution in [1.29, 1.82) is 0 Å². The molecular weight excluding hydrogens is 584 g/mol. The van der Waals surface area contributed by atoms with E-state index < -0.39 is 15.9 Å². The number of oxime groups is 1. The third-order valence-corrected chi connectivity index (χ3v) is 9.54. The number of sulfonamides is 1. The fourth-order valence-electron chi connectivity index (χ4n) is 5.36. The Morgan fingerprint density at radius 3 is 2.40 bits per heavy atom. The Labute approximate surface area is 268 Å². The van der Waals surface area contributed by atoms with Crippen molar-refractivity contribution in [3.63, 3.8) is 0 Å². The molecule has 0 aromatic heterocycles. The number of carbonyl (C=O) groups excluding carboxylic acids is 1. The molecule has 3 aromatic carbocycles. The molecule has 0 unspecified atom stereocenters. The molecule has 4 rings (SSSR count). The molecule has 1 saturated carbocycles. The van der Waals surface area contributed by atoms with Crippen LogP contribution in [0.3, 0.4) is 0 Å². The number of hydrogen-bond donors (Lipinski definition) is 2. The minimum atomic E-state index is -4.01. The van der Waals surface area contributed by atoms with Gasteiger partial charge in [0.15, 0.2) is 5.76 Å². The number of benzene rings is 3. The van der Waals surface area contributed by atoms with Gasteiger partial charge in [0.25, 0.3) is 15.9 Å². The topological polar surface area (TPSA) is 100 Å². The van der Waals surface area contributed by atoms with Crippen molar-refractivity contribution in [2.24, 2.45) is 17.0 Å². The molecule has 0 aliphatic heterocycles. The van der Waals surface area contributed by atoms with E-state index >= 15 is 0 Å². The highest BCUT2D eigenvalue weighted by atomic mass is 32.2. The molecule has 3 aromatic rings. The van der Waals surface area contributed by atoms with Crippen LogP contribution in [0.1, 0.15) is 80.8 Å². The van der Waals surface area contributed by atoms with Gasteiger partial charge >= 0.3 is 0 Å². The Kier molecular flexibility index (Phi) is 11.8. The Bertz CT molecular complexity index is 1600. The fraction of sp³-hybridized carbons (Fsp3) is 0.389. The molecule has 9 heteroatoms. The lowest BCUT2D eigenvalue weighted by Crippen LogP contribution is -2.30. The first-order valence-electron chi connectivity index (χ1n) is 15.8. The normalized spacial score (nSPS) is 14.2. The van der Waals surface area contributed by atoms with Crippen LogP contribution in [0.15, 0.2) is 89.4 Å². The Balaban J connectivity index is 1.46. The van der Waals surface area contributed by atoms with E-state index in [0.717, 1.165) is 36.4 Å². The van der Waals surface area contributed by atoms with Gasteiger partial charge in [0.05, 0.1) is 22.0 Å². The second-order valence-corrected chi connectivity index (χ2v) is 13.9. The van der Waals surface area contributed by atoms with E-state index in [1.165, 1.54) is 56.4 Å². The number of carbonyl (C=O) groups is 1. The van der Waals surface area contributed by atoms with Crippen LogP contribution in [0, 0.1) is 11.8 Å². The molecule has 0 radical (unpaired) electrons. The molecule has 8 nitrogen and oxygen atoms in total. The molecule has 45 heavy (non-hydrogen) atoms. The fourth-order valence-corrected chi connectivity index (χ4v) is 6.35. The summed E-state index contributed by atoms with van der Waals surface area (Å²) in [6.07, 6.45) is 7.61. The van der Waals surface area contributed by atoms with E-state index in [0.29, 0.717) is 23.1 Å². The van der Waals surface area contributed by atoms with Crippen LogP contribution in [-0.4, -0.2) is 40.2 Å². The molecule has 1 aliphatic rings. The van der Waals surface area contributed by atoms with Gasteiger partial charge in [-0.3, -0.25) is 4.79 Å². The molecule has 2 N–H and O–H groups in total. The smallest absolute Gasteiger partial charge is 0.265 e. The summed E-state index contributed by atoms with van der Waals surface area (Å²) in [6, 6.07) is 20.5. The van der Waals surface area contributed by atoms with Gasteiger partial charge in [-0.1, -0.05) is 81.2 Å². The van der Waals surface area contributed by atoms with Crippen LogP contribution < -0.4 is 14.9 Å². The molecule has 0 spiro atoms. The van der Waals surface area contributed by atoms with E-state index in [2.05, 4.69) is 65.8 Å². The van der Waals surface area contributed by atoms with Gasteiger partial charge < -0.3 is 15.1 Å². The van der Waals surface area contributed by atoms with E-state index in [-0.39, 0.29) is 16.2 Å². The summed E-state index contributed by atoms with van der Waals surface area (Å²) < 4.78 is 27.3. The van der Waals surface area contributed by atoms with Crippen molar-refractivity contribution in [3.05, 3.63) is 96.1 Å². The first-order valence-corrected chi connectivity index (χ1v) is 17.2. The van der Waals surface area contributed by atoms with Gasteiger partial charge in [0.1, 0.15) is 0 Å². The zero-order valence-electron chi connectivity index (χ0n) is 26.9. The average Bonchev–Trinajstić information content (AvgIpc) is 3.05. The minimum Gasteiger partial charge on any atom is -0.383 e. The molecular formula is C36H46N4O4S. The third-order valence-electron chi connectivity index (χ3n) is 8.19. The summed E-state index contributed by atoms with van der Waals surface area (Å²) in [7, 11) is -1.86. The predicted molar refractivity (Wildman–Crippen MR) is 184 cm³/mol. The van der Waals surface area contributed by atoms with Crippen molar-refractivity contribution < 1.29 is 18.0 Å². The third kappa shape index (κ3) is 9.69. The summed E-state index contributed by atoms with van der Waals surface area (Å²) in [5.74, 6) is 0.798. The highest BCUT2D eigenvalue weighted by molar-refractivity contribution is 7.90. The second-order valence-electron chi connectivity index (χ2n) is 12.2. The Hall–Kier alpha value is -4.11. The van der Waals surface area contributed by atoms with Crippen LogP contribution in [0.2, 0.25) is 0 Å². The van der Waals surface area contributed by atoms with Crippen LogP contribution in [0.4, 0.5) is 11.4 Å². The minimum absolute atomic E-state index is 0.00893. The van der Waals surface area contributed by atoms with Crippen molar-refractivity contribution >= 4 is 38.8 Å². The van der Waals surface area contributed by atoms with E-state index in [1.54, 1.807) is 30.3 Å². The monoisotopic (exact) mass is 630 g/mol. The largest absolute Gasteiger partial charge is 0.383 e. The highest BCUT2D eigenvalue weighted by Crippen LogP contribution is 2.30. The van der Waals surface area contributed by atoms with Crippen molar-refractivity contribution in [2.75, 3.05) is 30.4 Å². The maximum atomic E-state index is 12.8. The van der Waals surface area contributed by atoms with Gasteiger partial charge in [-0.15, -0.1) is 0 Å². The second kappa shape index (κ2) is 15.8. The van der Waals surface area contributed by atoms with Crippen LogP contribution in [-0.2, 0) is 14.9 Å². The zero-order chi connectivity index (χ0) is 32.4. The number of rotatable bonds is 14. The molecule has 1 aliphatic carbocycles. The standard InChI is InChI=1S/C36H46N4O4S/c1-26(2)21-22-40(5)35-20-19-30(24-34(35)37-25-29-13-8-6-9-14-29)27(3)38-44-28(4)31-15-12-16-32(23-31)36(41)39-45(42,43)33-17-10-7-11-18-33/h7,10-12,15-20,23-24,26,29,37H,4,6,8-9,13-14,21-22,25H2,1-3,5H3,(H,39,41)/b38-27+. The highest BCUT2D eigenvalue weighted by Gasteiger charge is 2.19. The molecule has 1 amide bonds. The SMILES string of the molecule is C=C(O/N=C(\C)c1ccc(N(C)CCC(C)C)c(NCC2CCCCC2)c1)c1cccc(C(=O)NS(=O)(=O)c2ccccc2)c1. The lowest BCUT2D eigenvalue weighted by Gasteiger charge is -2.27. The molecule has 0 heterocycles. The van der Waals surface area contributed by atoms with E-state index in [1.807, 2.05) is 6.92 Å². The molecule has 240 valence electrons. The molecule has 1 fully saturated rings. The number of hydrogen-bond acceptors (Lipinski definition) is 7. The lowest BCUT2D eigenvalue weighted by atomic mass is 9.89. The molecule has 0 bridgehead atoms. The zero-order valence-corrected chi connectivity index (χ0v) is 27.7. The van der Waals surface area contributed by atoms with Gasteiger partial charge in [0, 0.05) is 36.8 Å². The Morgan fingerprint density at radius 1 is 0.978 bits per heavy atom. The summed E-state index contributed by atoms with van der Waals surface area (Å²) in [4.78, 5) is 20.8. The Morgan fingerprint density at radius 2 is 1.69 bits per heavy atom. The first-order chi connectivity index (χ1) is 21.5. The number of amides is 1. The molecule has 0 atom stereocenters. The van der Waals surface area contributed by atoms with Crippen LogP contribution in [0.25, 0.3) is 5.76 Å². The summed E-state index contributed by atoms with van der Waals surface area (Å²) >= 11 is 0. The van der Waals surface area contributed by atoms with Crippen LogP contribution >= 0.6 is 0 Å². The van der Waals surface area contributed by atoms with Crippen LogP contribution in [0.5, 0.6) is 0 Å². The van der Waals surface area contributed by atoms with Crippen molar-refractivity contribution in [1.82, 2.24) is 4.72 Å². The van der Waals surface area contributed by atoms with E-state index in [4.69, 9.17) is 4.84 Å². The summed E-state index contributed by atoms with van der Waals surface area (Å²) in [5.41, 5.74) is 4.52. The lowest BCUT2D eigenvalue weighted by molar-refractivity contribution is 0.0981. The predicted octanol–water partition coefficient (Wildman–Crippen LogP) is 7.69. The maximum absolute atomic E-state index is 12.8. The maximum Gasteiger partial charge on any atom is 0.265 e. The number of nitrogens with zero attached hydrogens (tertiary/aromatic N) is 2. The van der Waals surface area contributed by atoms with Crippen molar-refractivity contribution in [2.45, 2.75) is 64.2 Å².